The highest BCUT2D eigenvalue weighted by Crippen LogP contribution is 2.26. The number of aryl methyl sites for hydroxylation is 1. The Hall–Kier alpha value is -3.00. The number of para-hydroxylation sites is 1. The van der Waals surface area contributed by atoms with Gasteiger partial charge in [0.2, 0.25) is 0 Å². The van der Waals surface area contributed by atoms with Gasteiger partial charge in [-0.15, -0.1) is 0 Å². The van der Waals surface area contributed by atoms with Crippen LogP contribution in [0.5, 0.6) is 0 Å². The number of aliphatic hydroxyl groups excluding tert-OH is 1. The summed E-state index contributed by atoms with van der Waals surface area (Å²) in [7, 11) is 0. The topological polar surface area (TPSA) is 79.6 Å². The van der Waals surface area contributed by atoms with E-state index in [-0.39, 0.29) is 12.5 Å². The number of aliphatic hydroxyl groups is 1. The van der Waals surface area contributed by atoms with Gasteiger partial charge in [0.25, 0.3) is 5.91 Å². The fraction of sp³-hybridized carbons (Fsp3) is 0.333. The van der Waals surface area contributed by atoms with Gasteiger partial charge in [-0.1, -0.05) is 42.5 Å². The second kappa shape index (κ2) is 9.87. The Kier molecular flexibility index (Phi) is 6.76. The van der Waals surface area contributed by atoms with E-state index in [2.05, 4.69) is 10.2 Å². The van der Waals surface area contributed by atoms with Gasteiger partial charge >= 0.3 is 0 Å². The third kappa shape index (κ3) is 5.19. The lowest BCUT2D eigenvalue weighted by molar-refractivity contribution is 0.0149. The van der Waals surface area contributed by atoms with Gasteiger partial charge in [-0.25, -0.2) is 4.68 Å². The van der Waals surface area contributed by atoms with Crippen molar-refractivity contribution in [3.05, 3.63) is 71.9 Å². The number of nitrogens with one attached hydrogen (secondary N) is 1. The summed E-state index contributed by atoms with van der Waals surface area (Å²) in [5, 5.41) is 18.0. The lowest BCUT2D eigenvalue weighted by Gasteiger charge is -2.28. The molecule has 1 unspecified atom stereocenters. The van der Waals surface area contributed by atoms with E-state index >= 15 is 0 Å². The van der Waals surface area contributed by atoms with E-state index in [9.17, 15) is 9.90 Å². The van der Waals surface area contributed by atoms with Gasteiger partial charge in [0, 0.05) is 37.9 Å². The van der Waals surface area contributed by atoms with E-state index in [0.29, 0.717) is 31.0 Å². The predicted molar refractivity (Wildman–Crippen MR) is 119 cm³/mol. The molecule has 2 heterocycles. The third-order valence-corrected chi connectivity index (χ3v) is 5.45. The van der Waals surface area contributed by atoms with Crippen LogP contribution in [0.3, 0.4) is 0 Å². The van der Waals surface area contributed by atoms with Crippen LogP contribution in [0, 0.1) is 6.92 Å². The molecule has 1 amide bonds. The minimum Gasteiger partial charge on any atom is -0.390 e. The maximum Gasteiger partial charge on any atom is 0.255 e. The lowest BCUT2D eigenvalue weighted by atomic mass is 10.0. The van der Waals surface area contributed by atoms with E-state index in [0.717, 1.165) is 29.9 Å². The van der Waals surface area contributed by atoms with E-state index in [1.54, 1.807) is 10.9 Å². The zero-order valence-electron chi connectivity index (χ0n) is 17.7. The number of carbonyl (C=O) groups excluding carboxylic acids is 1. The van der Waals surface area contributed by atoms with Crippen molar-refractivity contribution in [1.82, 2.24) is 20.0 Å². The highest BCUT2D eigenvalue weighted by Gasteiger charge is 2.21. The molecule has 0 saturated carbocycles. The second-order valence-corrected chi connectivity index (χ2v) is 7.76. The third-order valence-electron chi connectivity index (χ3n) is 5.45. The van der Waals surface area contributed by atoms with Crippen LogP contribution in [-0.2, 0) is 4.74 Å². The molecule has 1 atom stereocenters. The van der Waals surface area contributed by atoms with Crippen molar-refractivity contribution in [2.24, 2.45) is 0 Å². The van der Waals surface area contributed by atoms with Gasteiger partial charge < -0.3 is 15.2 Å². The summed E-state index contributed by atoms with van der Waals surface area (Å²) >= 11 is 0. The highest BCUT2D eigenvalue weighted by atomic mass is 16.5. The van der Waals surface area contributed by atoms with Crippen molar-refractivity contribution >= 4 is 5.91 Å². The average molecular weight is 421 g/mol. The smallest absolute Gasteiger partial charge is 0.255 e. The molecule has 162 valence electrons. The molecule has 1 aromatic heterocycles. The summed E-state index contributed by atoms with van der Waals surface area (Å²) in [6.07, 6.45) is 1.11. The molecule has 2 aromatic carbocycles. The van der Waals surface area contributed by atoms with Gasteiger partial charge in [0.1, 0.15) is 5.69 Å². The van der Waals surface area contributed by atoms with E-state index in [1.165, 1.54) is 0 Å². The Morgan fingerprint density at radius 2 is 1.84 bits per heavy atom. The van der Waals surface area contributed by atoms with E-state index < -0.39 is 6.10 Å². The van der Waals surface area contributed by atoms with E-state index in [1.807, 2.05) is 61.5 Å². The predicted octanol–water partition coefficient (Wildman–Crippen LogP) is 2.27. The van der Waals surface area contributed by atoms with E-state index in [4.69, 9.17) is 9.84 Å². The van der Waals surface area contributed by atoms with Gasteiger partial charge in [-0.3, -0.25) is 9.69 Å². The maximum atomic E-state index is 13.1. The second-order valence-electron chi connectivity index (χ2n) is 7.76. The largest absolute Gasteiger partial charge is 0.390 e. The Bertz CT molecular complexity index is 1010. The van der Waals surface area contributed by atoms with Crippen molar-refractivity contribution in [1.29, 1.82) is 0 Å². The molecule has 0 radical (unpaired) electrons. The van der Waals surface area contributed by atoms with Gasteiger partial charge in [0.15, 0.2) is 0 Å². The minimum atomic E-state index is -0.645. The molecule has 7 heteroatoms. The first-order chi connectivity index (χ1) is 15.1. The summed E-state index contributed by atoms with van der Waals surface area (Å²) < 4.78 is 7.06. The standard InChI is InChI=1S/C24H28N4O3/c1-18-7-5-6-10-21(18)23-22(17-28(26-23)19-8-3-2-4-9-19)24(30)25-15-20(29)16-27-11-13-31-14-12-27/h2-10,17,20,29H,11-16H2,1H3,(H,25,30). The van der Waals surface area contributed by atoms with Crippen LogP contribution in [0.4, 0.5) is 0 Å². The van der Waals surface area contributed by atoms with Gasteiger partial charge in [-0.2, -0.15) is 5.10 Å². The van der Waals surface area contributed by atoms with Crippen molar-refractivity contribution in [3.63, 3.8) is 0 Å². The SMILES string of the molecule is Cc1ccccc1-c1nn(-c2ccccc2)cc1C(=O)NCC(O)CN1CCOCC1. The molecular weight excluding hydrogens is 392 g/mol. The normalized spacial score (nSPS) is 15.5. The number of β-amino-alcohol motifs (C(OH)–C–C–N with tert-alkyl or cyclic N) is 1. The molecule has 1 aliphatic rings. The van der Waals surface area contributed by atoms with Crippen molar-refractivity contribution < 1.29 is 14.6 Å². The first kappa shape index (κ1) is 21.2. The van der Waals surface area contributed by atoms with Crippen molar-refractivity contribution in [2.75, 3.05) is 39.4 Å². The summed E-state index contributed by atoms with van der Waals surface area (Å²) in [5.74, 6) is -0.249. The number of morpholine rings is 1. The van der Waals surface area contributed by atoms with Gasteiger partial charge in [-0.05, 0) is 24.6 Å². The fourth-order valence-corrected chi connectivity index (χ4v) is 3.74. The zero-order valence-corrected chi connectivity index (χ0v) is 17.7. The van der Waals surface area contributed by atoms with Crippen LogP contribution in [0.1, 0.15) is 15.9 Å². The maximum absolute atomic E-state index is 13.1. The summed E-state index contributed by atoms with van der Waals surface area (Å²) in [6, 6.07) is 17.6. The first-order valence-corrected chi connectivity index (χ1v) is 10.6. The minimum absolute atomic E-state index is 0.180. The number of ether oxygens (including phenoxy) is 1. The monoisotopic (exact) mass is 420 g/mol. The molecule has 7 nitrogen and oxygen atoms in total. The number of benzene rings is 2. The quantitative estimate of drug-likeness (QED) is 0.613. The Balaban J connectivity index is 1.53. The van der Waals surface area contributed by atoms with Gasteiger partial charge in [0.05, 0.1) is 30.6 Å². The molecule has 1 aliphatic heterocycles. The van der Waals surface area contributed by atoms with Crippen LogP contribution in [-0.4, -0.2) is 71.2 Å². The number of carbonyl (C=O) groups is 1. The number of aromatic nitrogens is 2. The number of amides is 1. The molecule has 4 rings (SSSR count). The molecule has 0 aliphatic carbocycles. The molecular formula is C24H28N4O3. The summed E-state index contributed by atoms with van der Waals surface area (Å²) in [4.78, 5) is 15.2. The number of hydrogen-bond acceptors (Lipinski definition) is 5. The molecule has 0 bridgehead atoms. The summed E-state index contributed by atoms with van der Waals surface area (Å²) in [5.41, 5.74) is 3.95. The fourth-order valence-electron chi connectivity index (χ4n) is 3.74. The molecule has 31 heavy (non-hydrogen) atoms. The van der Waals surface area contributed by atoms with Crippen molar-refractivity contribution in [2.45, 2.75) is 13.0 Å². The summed E-state index contributed by atoms with van der Waals surface area (Å²) in [6.45, 7) is 5.65. The lowest BCUT2D eigenvalue weighted by Crippen LogP contribution is -2.44. The van der Waals surface area contributed by atoms with Crippen LogP contribution < -0.4 is 5.32 Å². The van der Waals surface area contributed by atoms with Crippen LogP contribution in [0.25, 0.3) is 16.9 Å². The average Bonchev–Trinajstić information content (AvgIpc) is 3.24. The number of hydrogen-bond donors (Lipinski definition) is 2. The van der Waals surface area contributed by atoms with Crippen molar-refractivity contribution in [3.8, 4) is 16.9 Å². The first-order valence-electron chi connectivity index (χ1n) is 10.6. The molecule has 1 fully saturated rings. The number of nitrogens with zero attached hydrogens (tertiary/aromatic N) is 3. The molecule has 2 N–H and O–H groups in total. The highest BCUT2D eigenvalue weighted by molar-refractivity contribution is 6.00. The van der Waals surface area contributed by atoms with Crippen LogP contribution in [0.2, 0.25) is 0 Å². The number of rotatable bonds is 7. The molecule has 0 spiro atoms. The Morgan fingerprint density at radius 3 is 2.58 bits per heavy atom. The molecule has 1 saturated heterocycles. The zero-order chi connectivity index (χ0) is 21.6. The Morgan fingerprint density at radius 1 is 1.13 bits per heavy atom. The van der Waals surface area contributed by atoms with Crippen LogP contribution in [0.15, 0.2) is 60.8 Å². The Labute approximate surface area is 182 Å². The van der Waals surface area contributed by atoms with Crippen LogP contribution >= 0.6 is 0 Å². The molecule has 3 aromatic rings.